The molecule has 0 saturated heterocycles. The van der Waals surface area contributed by atoms with E-state index in [4.69, 9.17) is 0 Å². The minimum Gasteiger partial charge on any atom is -0.298 e. The van der Waals surface area contributed by atoms with Crippen molar-refractivity contribution in [3.05, 3.63) is 0 Å². The Bertz CT molecular complexity index is 504. The summed E-state index contributed by atoms with van der Waals surface area (Å²) in [6, 6.07) is -0.115. The van der Waals surface area contributed by atoms with Crippen LogP contribution in [0.15, 0.2) is 0 Å². The van der Waals surface area contributed by atoms with Crippen LogP contribution >= 0.6 is 15.9 Å². The van der Waals surface area contributed by atoms with E-state index in [1.807, 2.05) is 27.7 Å². The lowest BCUT2D eigenvalue weighted by atomic mass is 9.70. The fourth-order valence-corrected chi connectivity index (χ4v) is 7.36. The van der Waals surface area contributed by atoms with Crippen LogP contribution in [0.2, 0.25) is 0 Å². The molecule has 6 heteroatoms. The topological polar surface area (TPSA) is 63.2 Å². The molecule has 0 unspecified atom stereocenters. The van der Waals surface area contributed by atoms with Crippen LogP contribution < -0.4 is 4.72 Å². The number of fused-ring (bicyclic) bond motifs is 2. The summed E-state index contributed by atoms with van der Waals surface area (Å²) >= 11 is 3.47. The van der Waals surface area contributed by atoms with Gasteiger partial charge in [-0.15, -0.1) is 0 Å². The van der Waals surface area contributed by atoms with Crippen LogP contribution in [0.1, 0.15) is 40.5 Å². The van der Waals surface area contributed by atoms with Gasteiger partial charge in [-0.25, -0.2) is 13.1 Å². The molecule has 0 aromatic carbocycles. The monoisotopic (exact) mass is 351 g/mol. The molecule has 0 aromatic heterocycles. The first kappa shape index (κ1) is 15.4. The molecular formula is C13H22BrNO3S. The SMILES string of the molecule is CC(C)NS(=O)(=O)C[C@@]1(C)[C@H]2CC[C@@]1(C)C(=O)[C@@H]2Br. The maximum Gasteiger partial charge on any atom is 0.212 e. The number of Topliss-reactive ketones (excluding diaryl/α,β-unsaturated/α-hetero) is 1. The Morgan fingerprint density at radius 1 is 1.42 bits per heavy atom. The molecule has 4 atom stereocenters. The van der Waals surface area contributed by atoms with E-state index in [9.17, 15) is 13.2 Å². The number of halogens is 1. The zero-order valence-electron chi connectivity index (χ0n) is 11.9. The van der Waals surface area contributed by atoms with Crippen LogP contribution in [0.4, 0.5) is 0 Å². The van der Waals surface area contributed by atoms with Gasteiger partial charge >= 0.3 is 0 Å². The Hall–Kier alpha value is 0.0600. The minimum atomic E-state index is -3.36. The van der Waals surface area contributed by atoms with Crippen molar-refractivity contribution in [1.82, 2.24) is 4.72 Å². The number of rotatable bonds is 4. The summed E-state index contributed by atoms with van der Waals surface area (Å²) < 4.78 is 27.1. The molecule has 2 saturated carbocycles. The molecule has 2 aliphatic carbocycles. The number of hydrogen-bond donors (Lipinski definition) is 1. The highest BCUT2D eigenvalue weighted by Crippen LogP contribution is 2.65. The Kier molecular flexibility index (Phi) is 3.68. The van der Waals surface area contributed by atoms with Crippen LogP contribution in [0.5, 0.6) is 0 Å². The lowest BCUT2D eigenvalue weighted by Gasteiger charge is -2.36. The quantitative estimate of drug-likeness (QED) is 0.788. The number of sulfonamides is 1. The first-order valence-corrected chi connectivity index (χ1v) is 9.29. The van der Waals surface area contributed by atoms with Crippen molar-refractivity contribution in [2.45, 2.75) is 51.4 Å². The molecule has 19 heavy (non-hydrogen) atoms. The van der Waals surface area contributed by atoms with E-state index in [0.29, 0.717) is 0 Å². The second kappa shape index (κ2) is 4.53. The smallest absolute Gasteiger partial charge is 0.212 e. The molecule has 0 spiro atoms. The van der Waals surface area contributed by atoms with Crippen molar-refractivity contribution in [3.63, 3.8) is 0 Å². The fraction of sp³-hybridized carbons (Fsp3) is 0.923. The Labute approximate surface area is 123 Å². The van der Waals surface area contributed by atoms with Gasteiger partial charge in [0.2, 0.25) is 10.0 Å². The zero-order chi connectivity index (χ0) is 14.6. The highest BCUT2D eigenvalue weighted by atomic mass is 79.9. The summed E-state index contributed by atoms with van der Waals surface area (Å²) in [6.45, 7) is 7.51. The molecule has 0 aliphatic heterocycles. The third kappa shape index (κ3) is 2.20. The van der Waals surface area contributed by atoms with Crippen molar-refractivity contribution >= 4 is 31.7 Å². The second-order valence-corrected chi connectivity index (χ2v) is 9.43. The third-order valence-electron chi connectivity index (χ3n) is 5.09. The average molecular weight is 352 g/mol. The highest BCUT2D eigenvalue weighted by molar-refractivity contribution is 9.10. The summed E-state index contributed by atoms with van der Waals surface area (Å²) in [5.41, 5.74) is -0.990. The summed E-state index contributed by atoms with van der Waals surface area (Å²) in [7, 11) is -3.36. The number of carbonyl (C=O) groups is 1. The van der Waals surface area contributed by atoms with E-state index in [1.165, 1.54) is 0 Å². The van der Waals surface area contributed by atoms with Crippen molar-refractivity contribution in [2.75, 3.05) is 5.75 Å². The van der Waals surface area contributed by atoms with Gasteiger partial charge in [0.25, 0.3) is 0 Å². The van der Waals surface area contributed by atoms with Gasteiger partial charge in [0.05, 0.1) is 10.6 Å². The third-order valence-corrected chi connectivity index (χ3v) is 7.95. The van der Waals surface area contributed by atoms with E-state index >= 15 is 0 Å². The van der Waals surface area contributed by atoms with Gasteiger partial charge in [-0.3, -0.25) is 4.79 Å². The number of hydrogen-bond acceptors (Lipinski definition) is 3. The Balaban J connectivity index is 2.32. The van der Waals surface area contributed by atoms with E-state index in [1.54, 1.807) is 0 Å². The summed E-state index contributed by atoms with van der Waals surface area (Å²) in [4.78, 5) is 12.2. The van der Waals surface area contributed by atoms with Crippen LogP contribution in [0.25, 0.3) is 0 Å². The van der Waals surface area contributed by atoms with Crippen molar-refractivity contribution in [1.29, 1.82) is 0 Å². The van der Waals surface area contributed by atoms with E-state index < -0.39 is 20.9 Å². The number of ketones is 1. The Morgan fingerprint density at radius 3 is 2.42 bits per heavy atom. The van der Waals surface area contributed by atoms with E-state index in [2.05, 4.69) is 20.7 Å². The van der Waals surface area contributed by atoms with Crippen LogP contribution in [0, 0.1) is 16.7 Å². The Morgan fingerprint density at radius 2 is 2.00 bits per heavy atom. The maximum absolute atomic E-state index is 12.4. The lowest BCUT2D eigenvalue weighted by Crippen LogP contribution is -2.45. The number of alkyl halides is 1. The van der Waals surface area contributed by atoms with Gasteiger partial charge in [-0.1, -0.05) is 29.8 Å². The highest BCUT2D eigenvalue weighted by Gasteiger charge is 2.68. The second-order valence-electron chi connectivity index (χ2n) is 6.69. The van der Waals surface area contributed by atoms with Crippen molar-refractivity contribution in [2.24, 2.45) is 16.7 Å². The first-order valence-electron chi connectivity index (χ1n) is 6.72. The number of carbonyl (C=O) groups excluding carboxylic acids is 1. The van der Waals surface area contributed by atoms with Crippen LogP contribution in [0.3, 0.4) is 0 Å². The van der Waals surface area contributed by atoms with Gasteiger partial charge in [0.15, 0.2) is 5.78 Å². The molecule has 2 bridgehead atoms. The van der Waals surface area contributed by atoms with Crippen molar-refractivity contribution in [3.8, 4) is 0 Å². The molecule has 110 valence electrons. The van der Waals surface area contributed by atoms with Crippen LogP contribution in [-0.4, -0.2) is 30.8 Å². The molecule has 0 heterocycles. The zero-order valence-corrected chi connectivity index (χ0v) is 14.3. The average Bonchev–Trinajstić information content (AvgIpc) is 2.52. The largest absolute Gasteiger partial charge is 0.298 e. The molecule has 0 radical (unpaired) electrons. The van der Waals surface area contributed by atoms with Gasteiger partial charge in [0.1, 0.15) is 0 Å². The maximum atomic E-state index is 12.4. The van der Waals surface area contributed by atoms with E-state index in [0.717, 1.165) is 12.8 Å². The summed E-state index contributed by atoms with van der Waals surface area (Å²) in [6.07, 6.45) is 1.72. The molecule has 1 N–H and O–H groups in total. The fourth-order valence-electron chi connectivity index (χ4n) is 3.88. The number of nitrogens with one attached hydrogen (secondary N) is 1. The molecule has 2 aliphatic rings. The van der Waals surface area contributed by atoms with E-state index in [-0.39, 0.29) is 28.3 Å². The summed E-state index contributed by atoms with van der Waals surface area (Å²) in [5, 5.41) is 0. The molecule has 4 nitrogen and oxygen atoms in total. The van der Waals surface area contributed by atoms with Gasteiger partial charge in [-0.2, -0.15) is 0 Å². The minimum absolute atomic E-state index is 0.0349. The molecule has 2 fully saturated rings. The van der Waals surface area contributed by atoms with Gasteiger partial charge in [0, 0.05) is 11.5 Å². The van der Waals surface area contributed by atoms with Crippen LogP contribution in [-0.2, 0) is 14.8 Å². The first-order chi connectivity index (χ1) is 8.53. The molecular weight excluding hydrogens is 330 g/mol. The lowest BCUT2D eigenvalue weighted by molar-refractivity contribution is -0.127. The predicted octanol–water partition coefficient (Wildman–Crippen LogP) is 2.08. The molecule has 2 rings (SSSR count). The molecule has 0 amide bonds. The molecule has 0 aromatic rings. The van der Waals surface area contributed by atoms with Crippen molar-refractivity contribution < 1.29 is 13.2 Å². The van der Waals surface area contributed by atoms with Gasteiger partial charge in [-0.05, 0) is 38.0 Å². The normalized spacial score (nSPS) is 42.3. The standard InChI is InChI=1S/C13H22BrNO3S/c1-8(2)15-19(17,18)7-13(4)9-5-6-12(13,3)11(16)10(9)14/h8-10,15H,5-7H2,1-4H3/t9-,10+,12-,13-/m0/s1. The predicted molar refractivity (Wildman–Crippen MR) is 78.7 cm³/mol. The van der Waals surface area contributed by atoms with Gasteiger partial charge < -0.3 is 0 Å². The summed E-state index contributed by atoms with van der Waals surface area (Å²) in [5.74, 6) is 0.326.